The summed E-state index contributed by atoms with van der Waals surface area (Å²) in [5.41, 5.74) is 0.597. The Hall–Kier alpha value is -2.80. The lowest BCUT2D eigenvalue weighted by Gasteiger charge is -2.16. The van der Waals surface area contributed by atoms with Crippen LogP contribution in [0.2, 0.25) is 0 Å². The molecule has 4 rings (SSSR count). The van der Waals surface area contributed by atoms with Gasteiger partial charge in [-0.2, -0.15) is 0 Å². The number of imidazole rings is 1. The first-order valence-electron chi connectivity index (χ1n) is 8.66. The van der Waals surface area contributed by atoms with E-state index in [9.17, 15) is 9.90 Å². The number of nitrogens with one attached hydrogen (secondary N) is 1. The number of ether oxygens (including phenoxy) is 1. The van der Waals surface area contributed by atoms with Crippen molar-refractivity contribution in [3.05, 3.63) is 48.7 Å². The van der Waals surface area contributed by atoms with E-state index in [1.165, 1.54) is 7.11 Å². The van der Waals surface area contributed by atoms with Gasteiger partial charge in [0.15, 0.2) is 5.75 Å². The van der Waals surface area contributed by atoms with E-state index >= 15 is 0 Å². The fraction of sp³-hybridized carbons (Fsp3) is 0.368. The average Bonchev–Trinajstić information content (AvgIpc) is 3.34. The summed E-state index contributed by atoms with van der Waals surface area (Å²) in [6.07, 6.45) is 6.16. The van der Waals surface area contributed by atoms with Crippen LogP contribution in [0.15, 0.2) is 47.4 Å². The number of carbonyl (C=O) groups excluding carboxylic acids is 1. The number of carbonyl (C=O) groups is 1. The monoisotopic (exact) mass is 355 g/mol. The minimum atomic E-state index is -0.581. The quantitative estimate of drug-likeness (QED) is 0.732. The first-order valence-corrected chi connectivity index (χ1v) is 8.66. The molecule has 1 aliphatic carbocycles. The third kappa shape index (κ3) is 3.06. The highest BCUT2D eigenvalue weighted by atomic mass is 16.5. The molecule has 3 atom stereocenters. The van der Waals surface area contributed by atoms with Gasteiger partial charge in [0.1, 0.15) is 5.58 Å². The fourth-order valence-electron chi connectivity index (χ4n) is 3.72. The summed E-state index contributed by atoms with van der Waals surface area (Å²) in [5.74, 6) is 0.465. The zero-order chi connectivity index (χ0) is 18.1. The number of aliphatic hydroxyl groups excluding tert-OH is 1. The SMILES string of the molecule is COc1c(C(=O)N[C@@H]2CC(Cn3ccnc3)C[C@H]2O)oc2ccccc12. The van der Waals surface area contributed by atoms with Crippen LogP contribution in [0.1, 0.15) is 23.4 Å². The van der Waals surface area contributed by atoms with Crippen LogP contribution in [0.25, 0.3) is 11.0 Å². The molecule has 1 unspecified atom stereocenters. The van der Waals surface area contributed by atoms with Crippen LogP contribution >= 0.6 is 0 Å². The molecule has 2 aromatic heterocycles. The van der Waals surface area contributed by atoms with Crippen LogP contribution < -0.4 is 10.1 Å². The van der Waals surface area contributed by atoms with Crippen LogP contribution in [0, 0.1) is 5.92 Å². The topological polar surface area (TPSA) is 89.5 Å². The van der Waals surface area contributed by atoms with Crippen molar-refractivity contribution in [2.24, 2.45) is 5.92 Å². The van der Waals surface area contributed by atoms with Gasteiger partial charge in [-0.3, -0.25) is 4.79 Å². The van der Waals surface area contributed by atoms with Gasteiger partial charge in [-0.25, -0.2) is 4.98 Å². The van der Waals surface area contributed by atoms with E-state index in [2.05, 4.69) is 10.3 Å². The number of para-hydroxylation sites is 1. The van der Waals surface area contributed by atoms with Crippen molar-refractivity contribution >= 4 is 16.9 Å². The number of aliphatic hydroxyl groups is 1. The molecule has 1 aromatic carbocycles. The highest BCUT2D eigenvalue weighted by Crippen LogP contribution is 2.33. The Labute approximate surface area is 150 Å². The lowest BCUT2D eigenvalue weighted by Crippen LogP contribution is -2.39. The molecule has 1 saturated carbocycles. The minimum absolute atomic E-state index is 0.138. The first-order chi connectivity index (χ1) is 12.7. The van der Waals surface area contributed by atoms with E-state index in [4.69, 9.17) is 9.15 Å². The van der Waals surface area contributed by atoms with Gasteiger partial charge in [0.2, 0.25) is 5.76 Å². The van der Waals surface area contributed by atoms with Gasteiger partial charge in [0, 0.05) is 18.9 Å². The van der Waals surface area contributed by atoms with Crippen molar-refractivity contribution in [1.82, 2.24) is 14.9 Å². The number of furan rings is 1. The van der Waals surface area contributed by atoms with Crippen molar-refractivity contribution in [1.29, 1.82) is 0 Å². The molecule has 0 spiro atoms. The van der Waals surface area contributed by atoms with Crippen LogP contribution in [-0.4, -0.2) is 39.8 Å². The number of benzene rings is 1. The first kappa shape index (κ1) is 16.7. The number of methoxy groups -OCH3 is 1. The Morgan fingerprint density at radius 2 is 2.27 bits per heavy atom. The zero-order valence-electron chi connectivity index (χ0n) is 14.5. The molecule has 136 valence electrons. The molecule has 0 bridgehead atoms. The van der Waals surface area contributed by atoms with Gasteiger partial charge < -0.3 is 24.1 Å². The van der Waals surface area contributed by atoms with Gasteiger partial charge in [0.25, 0.3) is 5.91 Å². The molecule has 1 fully saturated rings. The number of amides is 1. The second kappa shape index (κ2) is 6.84. The zero-order valence-corrected chi connectivity index (χ0v) is 14.5. The number of fused-ring (bicyclic) bond motifs is 1. The smallest absolute Gasteiger partial charge is 0.291 e. The third-order valence-corrected chi connectivity index (χ3v) is 4.93. The molecule has 3 aromatic rings. The molecule has 1 aliphatic rings. The third-order valence-electron chi connectivity index (χ3n) is 4.93. The van der Waals surface area contributed by atoms with E-state index in [0.29, 0.717) is 24.2 Å². The maximum Gasteiger partial charge on any atom is 0.291 e. The molecule has 2 heterocycles. The Morgan fingerprint density at radius 1 is 1.42 bits per heavy atom. The van der Waals surface area contributed by atoms with E-state index in [1.807, 2.05) is 29.0 Å². The predicted octanol–water partition coefficient (Wildman–Crippen LogP) is 2.21. The highest BCUT2D eigenvalue weighted by molar-refractivity contribution is 6.01. The lowest BCUT2D eigenvalue weighted by molar-refractivity contribution is 0.0844. The van der Waals surface area contributed by atoms with Crippen molar-refractivity contribution in [2.75, 3.05) is 7.11 Å². The van der Waals surface area contributed by atoms with Crippen molar-refractivity contribution in [2.45, 2.75) is 31.5 Å². The average molecular weight is 355 g/mol. The molecule has 2 N–H and O–H groups in total. The Morgan fingerprint density at radius 3 is 3.04 bits per heavy atom. The number of nitrogens with zero attached hydrogens (tertiary/aromatic N) is 2. The summed E-state index contributed by atoms with van der Waals surface area (Å²) in [4.78, 5) is 16.7. The lowest BCUT2D eigenvalue weighted by atomic mass is 10.1. The standard InChI is InChI=1S/C19H21N3O4/c1-25-17-13-4-2-3-5-16(13)26-18(17)19(24)21-14-8-12(9-15(14)23)10-22-7-6-20-11-22/h2-7,11-12,14-15,23H,8-10H2,1H3,(H,21,24)/t12?,14-,15-/m1/s1. The van der Waals surface area contributed by atoms with Crippen molar-refractivity contribution in [3.8, 4) is 5.75 Å². The van der Waals surface area contributed by atoms with Crippen molar-refractivity contribution < 1.29 is 19.1 Å². The molecule has 1 amide bonds. The van der Waals surface area contributed by atoms with E-state index in [1.54, 1.807) is 18.6 Å². The highest BCUT2D eigenvalue weighted by Gasteiger charge is 2.35. The molecule has 7 nitrogen and oxygen atoms in total. The second-order valence-corrected chi connectivity index (χ2v) is 6.70. The van der Waals surface area contributed by atoms with E-state index in [0.717, 1.165) is 11.9 Å². The second-order valence-electron chi connectivity index (χ2n) is 6.70. The summed E-state index contributed by atoms with van der Waals surface area (Å²) >= 11 is 0. The van der Waals surface area contributed by atoms with E-state index in [-0.39, 0.29) is 23.6 Å². The molecule has 26 heavy (non-hydrogen) atoms. The largest absolute Gasteiger partial charge is 0.492 e. The molecular formula is C19H21N3O4. The Bertz CT molecular complexity index is 903. The van der Waals surface area contributed by atoms with Gasteiger partial charge in [0.05, 0.1) is 31.0 Å². The van der Waals surface area contributed by atoms with Crippen LogP contribution in [0.5, 0.6) is 5.75 Å². The molecular weight excluding hydrogens is 334 g/mol. The van der Waals surface area contributed by atoms with Crippen LogP contribution in [0.3, 0.4) is 0 Å². The molecule has 0 saturated heterocycles. The van der Waals surface area contributed by atoms with Crippen LogP contribution in [0.4, 0.5) is 0 Å². The summed E-state index contributed by atoms with van der Waals surface area (Å²) in [7, 11) is 1.51. The van der Waals surface area contributed by atoms with E-state index < -0.39 is 6.10 Å². The normalized spacial score (nSPS) is 22.6. The van der Waals surface area contributed by atoms with Gasteiger partial charge in [-0.05, 0) is 30.9 Å². The maximum absolute atomic E-state index is 12.7. The number of aromatic nitrogens is 2. The number of hydrogen-bond donors (Lipinski definition) is 2. The van der Waals surface area contributed by atoms with Gasteiger partial charge in [-0.15, -0.1) is 0 Å². The van der Waals surface area contributed by atoms with Crippen LogP contribution in [-0.2, 0) is 6.54 Å². The van der Waals surface area contributed by atoms with Crippen molar-refractivity contribution in [3.63, 3.8) is 0 Å². The number of hydrogen-bond acceptors (Lipinski definition) is 5. The summed E-state index contributed by atoms with van der Waals surface area (Å²) in [6.45, 7) is 0.775. The molecule has 0 radical (unpaired) electrons. The Kier molecular flexibility index (Phi) is 4.38. The number of rotatable bonds is 5. The minimum Gasteiger partial charge on any atom is -0.492 e. The van der Waals surface area contributed by atoms with Gasteiger partial charge >= 0.3 is 0 Å². The molecule has 0 aliphatic heterocycles. The van der Waals surface area contributed by atoms with Gasteiger partial charge in [-0.1, -0.05) is 12.1 Å². The summed E-state index contributed by atoms with van der Waals surface area (Å²) in [5, 5.41) is 14.0. The predicted molar refractivity (Wildman–Crippen MR) is 95.0 cm³/mol. The summed E-state index contributed by atoms with van der Waals surface area (Å²) < 4.78 is 13.0. The summed E-state index contributed by atoms with van der Waals surface area (Å²) in [6, 6.07) is 7.03. The fourth-order valence-corrected chi connectivity index (χ4v) is 3.72. The Balaban J connectivity index is 1.48. The maximum atomic E-state index is 12.7. The molecule has 7 heteroatoms.